The van der Waals surface area contributed by atoms with Crippen LogP contribution in [0, 0.1) is 0 Å². The monoisotopic (exact) mass is 346 g/mol. The number of nitrogens with one attached hydrogen (secondary N) is 1. The fourth-order valence-electron chi connectivity index (χ4n) is 3.15. The molecule has 4 nitrogen and oxygen atoms in total. The molecule has 1 aromatic heterocycles. The lowest BCUT2D eigenvalue weighted by atomic mass is 9.89. The second kappa shape index (κ2) is 7.74. The van der Waals surface area contributed by atoms with Gasteiger partial charge in [-0.15, -0.1) is 11.3 Å². The molecule has 0 saturated carbocycles. The second-order valence-electron chi connectivity index (χ2n) is 6.91. The summed E-state index contributed by atoms with van der Waals surface area (Å²) >= 11 is 1.62. The summed E-state index contributed by atoms with van der Waals surface area (Å²) in [5, 5.41) is 16.7. The number of rotatable bonds is 7. The van der Waals surface area contributed by atoms with E-state index in [0.717, 1.165) is 24.3 Å². The lowest BCUT2D eigenvalue weighted by Crippen LogP contribution is -2.42. The van der Waals surface area contributed by atoms with Gasteiger partial charge in [-0.05, 0) is 44.2 Å². The van der Waals surface area contributed by atoms with Crippen LogP contribution in [0.25, 0.3) is 0 Å². The zero-order chi connectivity index (χ0) is 17.0. The molecule has 1 heterocycles. The minimum atomic E-state index is -0.529. The maximum Gasteiger partial charge on any atom is 0.112 e. The molecule has 0 aliphatic heterocycles. The molecular formula is C19H26N2O2S. The standard InChI is InChI=1S/C19H26N2O2S/c1-19(2,18-20-10-11-24-18)21-12-15(22)13-23-17-9-5-7-14-6-3-4-8-16(14)17/h3-4,6,8,10-11,15,17,21-22H,5,7,9,12-13H2,1-2H3/t15-,17+/m0/s1. The quantitative estimate of drug-likeness (QED) is 0.806. The molecule has 1 aliphatic rings. The van der Waals surface area contributed by atoms with Crippen LogP contribution in [0.2, 0.25) is 0 Å². The molecule has 2 atom stereocenters. The van der Waals surface area contributed by atoms with Gasteiger partial charge in [-0.25, -0.2) is 4.98 Å². The number of aryl methyl sites for hydroxylation is 1. The van der Waals surface area contributed by atoms with E-state index in [1.807, 2.05) is 11.6 Å². The summed E-state index contributed by atoms with van der Waals surface area (Å²) in [7, 11) is 0. The van der Waals surface area contributed by atoms with Gasteiger partial charge < -0.3 is 15.2 Å². The Balaban J connectivity index is 1.49. The van der Waals surface area contributed by atoms with E-state index in [4.69, 9.17) is 4.74 Å². The van der Waals surface area contributed by atoms with Gasteiger partial charge in [0, 0.05) is 18.1 Å². The molecule has 2 N–H and O–H groups in total. The van der Waals surface area contributed by atoms with Crippen molar-refractivity contribution in [2.45, 2.75) is 50.9 Å². The number of ether oxygens (including phenoxy) is 1. The summed E-state index contributed by atoms with van der Waals surface area (Å²) in [4.78, 5) is 4.35. The highest BCUT2D eigenvalue weighted by molar-refractivity contribution is 7.09. The van der Waals surface area contributed by atoms with Gasteiger partial charge in [0.05, 0.1) is 24.4 Å². The topological polar surface area (TPSA) is 54.4 Å². The smallest absolute Gasteiger partial charge is 0.112 e. The number of hydrogen-bond acceptors (Lipinski definition) is 5. The Kier molecular flexibility index (Phi) is 5.66. The summed E-state index contributed by atoms with van der Waals surface area (Å²) in [6.45, 7) is 4.99. The van der Waals surface area contributed by atoms with E-state index in [-0.39, 0.29) is 11.6 Å². The van der Waals surface area contributed by atoms with Gasteiger partial charge in [-0.3, -0.25) is 0 Å². The Morgan fingerprint density at radius 3 is 3.04 bits per heavy atom. The molecule has 1 aliphatic carbocycles. The first-order valence-corrected chi connectivity index (χ1v) is 9.47. The molecular weight excluding hydrogens is 320 g/mol. The van der Waals surface area contributed by atoms with Gasteiger partial charge in [-0.2, -0.15) is 0 Å². The summed E-state index contributed by atoms with van der Waals surface area (Å²) in [5.74, 6) is 0. The first kappa shape index (κ1) is 17.5. The Bertz CT molecular complexity index is 643. The molecule has 24 heavy (non-hydrogen) atoms. The maximum absolute atomic E-state index is 10.3. The zero-order valence-corrected chi connectivity index (χ0v) is 15.2. The van der Waals surface area contributed by atoms with Crippen molar-refractivity contribution in [3.05, 3.63) is 52.0 Å². The van der Waals surface area contributed by atoms with Crippen molar-refractivity contribution in [3.8, 4) is 0 Å². The van der Waals surface area contributed by atoms with Crippen LogP contribution < -0.4 is 5.32 Å². The number of nitrogens with zero attached hydrogens (tertiary/aromatic N) is 1. The molecule has 0 fully saturated rings. The van der Waals surface area contributed by atoms with E-state index in [1.165, 1.54) is 11.1 Å². The van der Waals surface area contributed by atoms with Crippen molar-refractivity contribution in [1.29, 1.82) is 0 Å². The highest BCUT2D eigenvalue weighted by atomic mass is 32.1. The second-order valence-corrected chi connectivity index (χ2v) is 7.80. The van der Waals surface area contributed by atoms with Crippen molar-refractivity contribution in [3.63, 3.8) is 0 Å². The largest absolute Gasteiger partial charge is 0.389 e. The van der Waals surface area contributed by atoms with Crippen LogP contribution in [0.3, 0.4) is 0 Å². The fourth-order valence-corrected chi connectivity index (χ4v) is 3.89. The van der Waals surface area contributed by atoms with Crippen LogP contribution in [0.4, 0.5) is 0 Å². The maximum atomic E-state index is 10.3. The molecule has 0 amide bonds. The minimum Gasteiger partial charge on any atom is -0.389 e. The third-order valence-electron chi connectivity index (χ3n) is 4.55. The number of aliphatic hydroxyl groups excluding tert-OH is 1. The number of hydrogen-bond donors (Lipinski definition) is 2. The summed E-state index contributed by atoms with van der Waals surface area (Å²) in [5.41, 5.74) is 2.42. The third-order valence-corrected chi connectivity index (χ3v) is 5.65. The molecule has 0 saturated heterocycles. The number of aliphatic hydroxyl groups is 1. The van der Waals surface area contributed by atoms with E-state index in [1.54, 1.807) is 11.3 Å². The number of thiazole rings is 1. The first-order valence-electron chi connectivity index (χ1n) is 8.59. The zero-order valence-electron chi connectivity index (χ0n) is 14.4. The fraction of sp³-hybridized carbons (Fsp3) is 0.526. The van der Waals surface area contributed by atoms with Crippen LogP contribution in [-0.2, 0) is 16.7 Å². The Hall–Kier alpha value is -1.27. The number of benzene rings is 1. The first-order chi connectivity index (χ1) is 11.6. The summed E-state index contributed by atoms with van der Waals surface area (Å²) in [6.07, 6.45) is 4.69. The molecule has 130 valence electrons. The van der Waals surface area contributed by atoms with Crippen molar-refractivity contribution in [1.82, 2.24) is 10.3 Å². The third kappa shape index (κ3) is 4.22. The Labute approximate surface area is 147 Å². The van der Waals surface area contributed by atoms with Gasteiger partial charge >= 0.3 is 0 Å². The molecule has 2 aromatic rings. The molecule has 5 heteroatoms. The van der Waals surface area contributed by atoms with Crippen molar-refractivity contribution in [2.75, 3.05) is 13.2 Å². The average Bonchev–Trinajstić information content (AvgIpc) is 3.14. The van der Waals surface area contributed by atoms with Gasteiger partial charge in [-0.1, -0.05) is 24.3 Å². The molecule has 1 aromatic carbocycles. The highest BCUT2D eigenvalue weighted by Gasteiger charge is 2.25. The lowest BCUT2D eigenvalue weighted by Gasteiger charge is -2.28. The van der Waals surface area contributed by atoms with E-state index < -0.39 is 6.10 Å². The van der Waals surface area contributed by atoms with Crippen LogP contribution >= 0.6 is 11.3 Å². The summed E-state index contributed by atoms with van der Waals surface area (Å²) < 4.78 is 6.02. The van der Waals surface area contributed by atoms with Crippen LogP contribution in [-0.4, -0.2) is 29.3 Å². The normalized spacial score (nSPS) is 19.0. The number of fused-ring (bicyclic) bond motifs is 1. The van der Waals surface area contributed by atoms with Crippen molar-refractivity contribution >= 4 is 11.3 Å². The van der Waals surface area contributed by atoms with Crippen molar-refractivity contribution in [2.24, 2.45) is 0 Å². The predicted molar refractivity (Wildman–Crippen MR) is 97.2 cm³/mol. The van der Waals surface area contributed by atoms with Gasteiger partial charge in [0.15, 0.2) is 0 Å². The van der Waals surface area contributed by atoms with E-state index in [2.05, 4.69) is 48.4 Å². The molecule has 0 unspecified atom stereocenters. The summed E-state index contributed by atoms with van der Waals surface area (Å²) in [6, 6.07) is 8.48. The van der Waals surface area contributed by atoms with E-state index in [9.17, 15) is 5.11 Å². The molecule has 0 spiro atoms. The number of aromatic nitrogens is 1. The Morgan fingerprint density at radius 1 is 1.42 bits per heavy atom. The van der Waals surface area contributed by atoms with Crippen LogP contribution in [0.1, 0.15) is 48.9 Å². The average molecular weight is 346 g/mol. The van der Waals surface area contributed by atoms with Crippen LogP contribution in [0.5, 0.6) is 0 Å². The van der Waals surface area contributed by atoms with Gasteiger partial charge in [0.25, 0.3) is 0 Å². The Morgan fingerprint density at radius 2 is 2.25 bits per heavy atom. The van der Waals surface area contributed by atoms with Crippen LogP contribution in [0.15, 0.2) is 35.8 Å². The lowest BCUT2D eigenvalue weighted by molar-refractivity contribution is -0.0185. The predicted octanol–water partition coefficient (Wildman–Crippen LogP) is 3.42. The van der Waals surface area contributed by atoms with E-state index in [0.29, 0.717) is 13.2 Å². The molecule has 3 rings (SSSR count). The highest BCUT2D eigenvalue weighted by Crippen LogP contribution is 2.32. The SMILES string of the molecule is CC(C)(NC[C@H](O)CO[C@@H]1CCCc2ccccc21)c1nccs1. The van der Waals surface area contributed by atoms with Gasteiger partial charge in [0.1, 0.15) is 5.01 Å². The van der Waals surface area contributed by atoms with Gasteiger partial charge in [0.2, 0.25) is 0 Å². The minimum absolute atomic E-state index is 0.108. The molecule has 0 bridgehead atoms. The van der Waals surface area contributed by atoms with Crippen molar-refractivity contribution < 1.29 is 9.84 Å². The molecule has 0 radical (unpaired) electrons. The van der Waals surface area contributed by atoms with E-state index >= 15 is 0 Å².